The Bertz CT molecular complexity index is 519. The minimum absolute atomic E-state index is 0.0894. The zero-order valence-electron chi connectivity index (χ0n) is 12.5. The van der Waals surface area contributed by atoms with Crippen molar-refractivity contribution in [1.29, 1.82) is 0 Å². The Labute approximate surface area is 149 Å². The van der Waals surface area contributed by atoms with Gasteiger partial charge in [-0.3, -0.25) is 9.59 Å². The molecule has 1 N–H and O–H groups in total. The molecule has 0 spiro atoms. The SMILES string of the molecule is C=C(CC(=O)O)C(=O)C/C=C(C)/C=C/[C@H](Cl)[C@@](C)(Cl)/C=C/Br. The normalized spacial score (nSPS) is 16.7. The van der Waals surface area contributed by atoms with Crippen LogP contribution in [0, 0.1) is 0 Å². The molecule has 0 aliphatic heterocycles. The van der Waals surface area contributed by atoms with Gasteiger partial charge in [-0.15, -0.1) is 23.2 Å². The monoisotopic (exact) mass is 408 g/mol. The smallest absolute Gasteiger partial charge is 0.307 e. The minimum atomic E-state index is -1.06. The second kappa shape index (κ2) is 10.0. The van der Waals surface area contributed by atoms with Crippen LogP contribution in [0.15, 0.2) is 47.0 Å². The number of carbonyl (C=O) groups is 2. The van der Waals surface area contributed by atoms with Gasteiger partial charge >= 0.3 is 5.97 Å². The maximum Gasteiger partial charge on any atom is 0.307 e. The summed E-state index contributed by atoms with van der Waals surface area (Å²) in [4.78, 5) is 23.1. The summed E-state index contributed by atoms with van der Waals surface area (Å²) in [6, 6.07) is 0. The second-order valence-electron chi connectivity index (χ2n) is 4.95. The molecule has 3 nitrogen and oxygen atoms in total. The Balaban J connectivity index is 4.63. The Morgan fingerprint density at radius 1 is 1.45 bits per heavy atom. The number of hydrogen-bond donors (Lipinski definition) is 1. The fraction of sp³-hybridized carbons (Fsp3) is 0.375. The van der Waals surface area contributed by atoms with Gasteiger partial charge in [-0.25, -0.2) is 0 Å². The van der Waals surface area contributed by atoms with Gasteiger partial charge in [-0.1, -0.05) is 52.4 Å². The lowest BCUT2D eigenvalue weighted by Crippen LogP contribution is -2.24. The third-order valence-corrected chi connectivity index (χ3v) is 4.16. The van der Waals surface area contributed by atoms with Crippen LogP contribution in [0.3, 0.4) is 0 Å². The number of alkyl halides is 2. The van der Waals surface area contributed by atoms with Gasteiger partial charge in [-0.2, -0.15) is 0 Å². The fourth-order valence-corrected chi connectivity index (χ4v) is 2.37. The van der Waals surface area contributed by atoms with Crippen LogP contribution in [-0.2, 0) is 9.59 Å². The molecule has 0 fully saturated rings. The van der Waals surface area contributed by atoms with Crippen LogP contribution in [-0.4, -0.2) is 27.1 Å². The average molecular weight is 410 g/mol. The molecule has 0 unspecified atom stereocenters. The average Bonchev–Trinajstić information content (AvgIpc) is 2.40. The van der Waals surface area contributed by atoms with Gasteiger partial charge in [0.15, 0.2) is 5.78 Å². The zero-order valence-corrected chi connectivity index (χ0v) is 15.6. The van der Waals surface area contributed by atoms with Crippen molar-refractivity contribution in [3.05, 3.63) is 47.0 Å². The standard InChI is InChI=1S/C16H19BrCl2O3/c1-11(4-6-13(20)12(2)10-15(21)22)5-7-14(18)16(3,19)8-9-17/h4-5,7-9,14H,2,6,10H2,1,3H3,(H,21,22)/b7-5+,9-8+,11-4+/t14-,16-/m0/s1. The van der Waals surface area contributed by atoms with Crippen LogP contribution < -0.4 is 0 Å². The number of aliphatic carboxylic acids is 1. The van der Waals surface area contributed by atoms with E-state index in [2.05, 4.69) is 22.5 Å². The number of ketones is 1. The van der Waals surface area contributed by atoms with E-state index in [-0.39, 0.29) is 24.2 Å². The zero-order chi connectivity index (χ0) is 17.3. The molecule has 0 aromatic rings. The first-order valence-corrected chi connectivity index (χ1v) is 8.21. The molecule has 0 bridgehead atoms. The highest BCUT2D eigenvalue weighted by Gasteiger charge is 2.25. The van der Waals surface area contributed by atoms with E-state index in [1.807, 2.05) is 6.92 Å². The number of carboxylic acids is 1. The van der Waals surface area contributed by atoms with Crippen LogP contribution in [0.25, 0.3) is 0 Å². The lowest BCUT2D eigenvalue weighted by Gasteiger charge is -2.20. The number of carbonyl (C=O) groups excluding carboxylic acids is 1. The Morgan fingerprint density at radius 3 is 2.55 bits per heavy atom. The molecule has 2 atom stereocenters. The third kappa shape index (κ3) is 8.57. The molecule has 0 radical (unpaired) electrons. The first kappa shape index (κ1) is 21.2. The number of allylic oxidation sites excluding steroid dienone is 5. The minimum Gasteiger partial charge on any atom is -0.481 e. The number of rotatable bonds is 9. The highest BCUT2D eigenvalue weighted by atomic mass is 79.9. The van der Waals surface area contributed by atoms with Crippen LogP contribution >= 0.6 is 39.1 Å². The Hall–Kier alpha value is -0.840. The first-order chi connectivity index (χ1) is 10.1. The second-order valence-corrected chi connectivity index (χ2v) is 6.77. The number of hydrogen-bond acceptors (Lipinski definition) is 2. The quantitative estimate of drug-likeness (QED) is 0.331. The van der Waals surface area contributed by atoms with E-state index in [1.165, 1.54) is 0 Å². The van der Waals surface area contributed by atoms with Crippen LogP contribution in [0.1, 0.15) is 26.7 Å². The van der Waals surface area contributed by atoms with E-state index in [9.17, 15) is 9.59 Å². The summed E-state index contributed by atoms with van der Waals surface area (Å²) < 4.78 is 0. The molecule has 22 heavy (non-hydrogen) atoms. The molecule has 0 saturated carbocycles. The summed E-state index contributed by atoms with van der Waals surface area (Å²) in [5.41, 5.74) is 0.920. The van der Waals surface area contributed by atoms with Gasteiger partial charge < -0.3 is 5.11 Å². The van der Waals surface area contributed by atoms with Gasteiger partial charge in [0.25, 0.3) is 0 Å². The highest BCUT2D eigenvalue weighted by molar-refractivity contribution is 9.11. The van der Waals surface area contributed by atoms with Crippen molar-refractivity contribution >= 4 is 50.9 Å². The summed E-state index contributed by atoms with van der Waals surface area (Å²) in [5.74, 6) is -1.35. The molecule has 122 valence electrons. The summed E-state index contributed by atoms with van der Waals surface area (Å²) >= 11 is 15.6. The molecule has 0 heterocycles. The largest absolute Gasteiger partial charge is 0.481 e. The summed E-state index contributed by atoms with van der Waals surface area (Å²) in [7, 11) is 0. The third-order valence-electron chi connectivity index (χ3n) is 2.82. The van der Waals surface area contributed by atoms with Gasteiger partial charge in [0.1, 0.15) is 0 Å². The van der Waals surface area contributed by atoms with Crippen LogP contribution in [0.2, 0.25) is 0 Å². The maximum absolute atomic E-state index is 11.7. The molecule has 0 aliphatic carbocycles. The highest BCUT2D eigenvalue weighted by Crippen LogP contribution is 2.27. The molecule has 0 rings (SSSR count). The van der Waals surface area contributed by atoms with E-state index >= 15 is 0 Å². The van der Waals surface area contributed by atoms with E-state index in [0.717, 1.165) is 5.57 Å². The van der Waals surface area contributed by atoms with Crippen LogP contribution in [0.4, 0.5) is 0 Å². The lowest BCUT2D eigenvalue weighted by molar-refractivity contribution is -0.136. The van der Waals surface area contributed by atoms with Crippen molar-refractivity contribution in [2.75, 3.05) is 0 Å². The fourth-order valence-electron chi connectivity index (χ4n) is 1.39. The summed E-state index contributed by atoms with van der Waals surface area (Å²) in [6.45, 7) is 7.07. The van der Waals surface area contributed by atoms with Gasteiger partial charge in [0, 0.05) is 6.42 Å². The Morgan fingerprint density at radius 2 is 2.05 bits per heavy atom. The molecule has 0 amide bonds. The van der Waals surface area contributed by atoms with Crippen molar-refractivity contribution in [3.63, 3.8) is 0 Å². The molecule has 0 saturated heterocycles. The maximum atomic E-state index is 11.7. The predicted octanol–water partition coefficient (Wildman–Crippen LogP) is 4.99. The number of halogens is 3. The molecule has 6 heteroatoms. The molecule has 0 aromatic carbocycles. The summed E-state index contributed by atoms with van der Waals surface area (Å²) in [6.07, 6.45) is 6.71. The number of Topliss-reactive ketones (excluding diaryl/α,β-unsaturated/α-hetero) is 1. The number of carboxylic acid groups (broad SMARTS) is 1. The molecule has 0 aliphatic rings. The van der Waals surface area contributed by atoms with E-state index in [1.54, 1.807) is 36.2 Å². The molecular weight excluding hydrogens is 391 g/mol. The lowest BCUT2D eigenvalue weighted by atomic mass is 10.0. The topological polar surface area (TPSA) is 54.4 Å². The summed E-state index contributed by atoms with van der Waals surface area (Å²) in [5, 5.41) is 8.17. The van der Waals surface area contributed by atoms with E-state index < -0.39 is 16.2 Å². The van der Waals surface area contributed by atoms with Crippen molar-refractivity contribution in [2.45, 2.75) is 36.9 Å². The predicted molar refractivity (Wildman–Crippen MR) is 95.9 cm³/mol. The Kier molecular flexibility index (Phi) is 9.65. The van der Waals surface area contributed by atoms with Crippen molar-refractivity contribution in [2.24, 2.45) is 0 Å². The van der Waals surface area contributed by atoms with E-state index in [4.69, 9.17) is 28.3 Å². The first-order valence-electron chi connectivity index (χ1n) is 6.48. The van der Waals surface area contributed by atoms with Gasteiger partial charge in [0.05, 0.1) is 16.7 Å². The van der Waals surface area contributed by atoms with Crippen molar-refractivity contribution in [1.82, 2.24) is 0 Å². The molecule has 0 aromatic heterocycles. The van der Waals surface area contributed by atoms with E-state index in [0.29, 0.717) is 0 Å². The van der Waals surface area contributed by atoms with Crippen molar-refractivity contribution in [3.8, 4) is 0 Å². The van der Waals surface area contributed by atoms with Gasteiger partial charge in [0.2, 0.25) is 0 Å². The van der Waals surface area contributed by atoms with Gasteiger partial charge in [-0.05, 0) is 24.4 Å². The van der Waals surface area contributed by atoms with Crippen LogP contribution in [0.5, 0.6) is 0 Å². The molecular formula is C16H19BrCl2O3. The van der Waals surface area contributed by atoms with Crippen molar-refractivity contribution < 1.29 is 14.7 Å².